The van der Waals surface area contributed by atoms with Crippen molar-refractivity contribution in [3.8, 4) is 0 Å². The van der Waals surface area contributed by atoms with Crippen LogP contribution in [0.5, 0.6) is 0 Å². The van der Waals surface area contributed by atoms with Gasteiger partial charge in [0.05, 0.1) is 24.4 Å². The molecular weight excluding hydrogens is 278 g/mol. The topological polar surface area (TPSA) is 47.6 Å². The summed E-state index contributed by atoms with van der Waals surface area (Å²) in [6.07, 6.45) is 2.81. The smallest absolute Gasteiger partial charge is 0.338 e. The predicted octanol–water partition coefficient (Wildman–Crippen LogP) is 3.11. The van der Waals surface area contributed by atoms with Crippen molar-refractivity contribution >= 4 is 5.97 Å². The molecule has 0 aromatic heterocycles. The van der Waals surface area contributed by atoms with Crippen LogP contribution in [0.15, 0.2) is 41.6 Å². The molecule has 0 radical (unpaired) electrons. The molecule has 1 N–H and O–H groups in total. The molecule has 0 spiro atoms. The fraction of sp³-hybridized carbons (Fsp3) is 0.500. The summed E-state index contributed by atoms with van der Waals surface area (Å²) in [5.41, 5.74) is 2.89. The molecular formula is C18H23NO3. The van der Waals surface area contributed by atoms with E-state index in [1.165, 1.54) is 5.56 Å². The predicted molar refractivity (Wildman–Crippen MR) is 84.2 cm³/mol. The second-order valence-electron chi connectivity index (χ2n) is 5.92. The molecule has 3 atom stereocenters. The van der Waals surface area contributed by atoms with Gasteiger partial charge in [-0.15, -0.1) is 0 Å². The number of hydrogen-bond acceptors (Lipinski definition) is 4. The Kier molecular flexibility index (Phi) is 4.48. The number of nitrogens with one attached hydrogen (secondary N) is 1. The highest BCUT2D eigenvalue weighted by molar-refractivity contribution is 5.90. The molecule has 2 aliphatic rings. The maximum absolute atomic E-state index is 12.3. The summed E-state index contributed by atoms with van der Waals surface area (Å²) in [5, 5.41) is 3.52. The summed E-state index contributed by atoms with van der Waals surface area (Å²) in [5.74, 6) is -0.240. The van der Waals surface area contributed by atoms with Gasteiger partial charge in [-0.2, -0.15) is 0 Å². The van der Waals surface area contributed by atoms with Crippen LogP contribution in [0.25, 0.3) is 0 Å². The third-order valence-electron chi connectivity index (χ3n) is 4.37. The van der Waals surface area contributed by atoms with Crippen LogP contribution in [0.1, 0.15) is 44.7 Å². The minimum atomic E-state index is -0.240. The van der Waals surface area contributed by atoms with Gasteiger partial charge >= 0.3 is 5.97 Å². The molecule has 2 heterocycles. The number of benzene rings is 1. The Hall–Kier alpha value is -1.81. The first-order valence-electron chi connectivity index (χ1n) is 8.06. The molecule has 1 aromatic carbocycles. The Bertz CT molecular complexity index is 567. The van der Waals surface area contributed by atoms with Gasteiger partial charge in [-0.05, 0) is 32.3 Å². The molecule has 118 valence electrons. The highest BCUT2D eigenvalue weighted by Gasteiger charge is 2.39. The van der Waals surface area contributed by atoms with E-state index in [-0.39, 0.29) is 24.2 Å². The monoisotopic (exact) mass is 301 g/mol. The molecule has 22 heavy (non-hydrogen) atoms. The normalized spacial score (nSPS) is 25.0. The van der Waals surface area contributed by atoms with Gasteiger partial charge in [0.15, 0.2) is 0 Å². The quantitative estimate of drug-likeness (QED) is 0.849. The fourth-order valence-corrected chi connectivity index (χ4v) is 3.29. The first-order valence-corrected chi connectivity index (χ1v) is 8.06. The summed E-state index contributed by atoms with van der Waals surface area (Å²) < 4.78 is 11.1. The molecule has 2 aliphatic heterocycles. The summed E-state index contributed by atoms with van der Waals surface area (Å²) >= 11 is 0. The minimum Gasteiger partial charge on any atom is -0.463 e. The summed E-state index contributed by atoms with van der Waals surface area (Å²) in [6, 6.07) is 10.4. The highest BCUT2D eigenvalue weighted by atomic mass is 16.5. The van der Waals surface area contributed by atoms with Gasteiger partial charge in [-0.3, -0.25) is 0 Å². The van der Waals surface area contributed by atoms with Crippen molar-refractivity contribution < 1.29 is 14.3 Å². The molecule has 4 nitrogen and oxygen atoms in total. The Labute approximate surface area is 131 Å². The van der Waals surface area contributed by atoms with E-state index >= 15 is 0 Å². The number of hydrogen-bond donors (Lipinski definition) is 1. The molecule has 1 aromatic rings. The van der Waals surface area contributed by atoms with E-state index in [4.69, 9.17) is 9.47 Å². The lowest BCUT2D eigenvalue weighted by Gasteiger charge is -2.29. The number of ether oxygens (including phenoxy) is 2. The molecule has 0 saturated carbocycles. The van der Waals surface area contributed by atoms with Crippen LogP contribution in [-0.2, 0) is 14.3 Å². The van der Waals surface area contributed by atoms with E-state index in [1.54, 1.807) is 0 Å². The lowest BCUT2D eigenvalue weighted by atomic mass is 10.0. The lowest BCUT2D eigenvalue weighted by Crippen LogP contribution is -2.33. The van der Waals surface area contributed by atoms with Crippen molar-refractivity contribution in [2.45, 2.75) is 51.4 Å². The average Bonchev–Trinajstić information content (AvgIpc) is 2.90. The maximum Gasteiger partial charge on any atom is 0.338 e. The van der Waals surface area contributed by atoms with E-state index in [0.717, 1.165) is 25.0 Å². The molecule has 1 saturated heterocycles. The second kappa shape index (κ2) is 6.53. The van der Waals surface area contributed by atoms with E-state index in [2.05, 4.69) is 24.4 Å². The Morgan fingerprint density at radius 1 is 1.36 bits per heavy atom. The Morgan fingerprint density at radius 2 is 2.14 bits per heavy atom. The summed E-state index contributed by atoms with van der Waals surface area (Å²) in [4.78, 5) is 12.3. The SMILES string of the molecule is CCOC(=O)C1=C(N[C@@H](C)c2ccccc2)C[C@H]2CC[C@H]1O2. The standard InChI is InChI=1S/C18H23NO3/c1-3-21-18(20)17-15(11-14-9-10-16(17)22-14)19-12(2)13-7-5-4-6-8-13/h4-8,12,14,16,19H,3,9-11H2,1-2H3/t12-,14+,16+/m0/s1. The molecule has 0 aliphatic carbocycles. The van der Waals surface area contributed by atoms with Gasteiger partial charge in [-0.25, -0.2) is 4.79 Å². The molecule has 3 rings (SSSR count). The van der Waals surface area contributed by atoms with Crippen molar-refractivity contribution in [2.75, 3.05) is 6.61 Å². The first kappa shape index (κ1) is 15.1. The summed E-state index contributed by atoms with van der Waals surface area (Å²) in [7, 11) is 0. The zero-order valence-electron chi connectivity index (χ0n) is 13.2. The Morgan fingerprint density at radius 3 is 2.86 bits per heavy atom. The number of rotatable bonds is 5. The van der Waals surface area contributed by atoms with Gasteiger partial charge in [0.1, 0.15) is 0 Å². The van der Waals surface area contributed by atoms with E-state index in [1.807, 2.05) is 25.1 Å². The zero-order valence-corrected chi connectivity index (χ0v) is 13.2. The first-order chi connectivity index (χ1) is 10.7. The van der Waals surface area contributed by atoms with Gasteiger partial charge in [0.2, 0.25) is 0 Å². The third-order valence-corrected chi connectivity index (χ3v) is 4.37. The van der Waals surface area contributed by atoms with E-state index < -0.39 is 0 Å². The lowest BCUT2D eigenvalue weighted by molar-refractivity contribution is -0.140. The van der Waals surface area contributed by atoms with Crippen molar-refractivity contribution in [3.05, 3.63) is 47.2 Å². The number of esters is 1. The Balaban J connectivity index is 1.84. The third kappa shape index (κ3) is 3.02. The van der Waals surface area contributed by atoms with Crippen molar-refractivity contribution in [1.29, 1.82) is 0 Å². The zero-order chi connectivity index (χ0) is 15.5. The van der Waals surface area contributed by atoms with Gasteiger partial charge in [0, 0.05) is 18.2 Å². The van der Waals surface area contributed by atoms with Crippen LogP contribution in [0, 0.1) is 0 Å². The van der Waals surface area contributed by atoms with Gasteiger partial charge in [-0.1, -0.05) is 30.3 Å². The fourth-order valence-electron chi connectivity index (χ4n) is 3.29. The number of fused-ring (bicyclic) bond motifs is 2. The largest absolute Gasteiger partial charge is 0.463 e. The molecule has 0 amide bonds. The number of carbonyl (C=O) groups is 1. The average molecular weight is 301 g/mol. The van der Waals surface area contributed by atoms with Crippen molar-refractivity contribution in [2.24, 2.45) is 0 Å². The van der Waals surface area contributed by atoms with Gasteiger partial charge < -0.3 is 14.8 Å². The minimum absolute atomic E-state index is 0.108. The van der Waals surface area contributed by atoms with Crippen molar-refractivity contribution in [1.82, 2.24) is 5.32 Å². The van der Waals surface area contributed by atoms with Crippen LogP contribution < -0.4 is 5.32 Å². The molecule has 2 bridgehead atoms. The number of carbonyl (C=O) groups excluding carboxylic acids is 1. The van der Waals surface area contributed by atoms with Gasteiger partial charge in [0.25, 0.3) is 0 Å². The maximum atomic E-state index is 12.3. The van der Waals surface area contributed by atoms with E-state index in [0.29, 0.717) is 12.2 Å². The van der Waals surface area contributed by atoms with Crippen LogP contribution in [0.4, 0.5) is 0 Å². The van der Waals surface area contributed by atoms with Crippen LogP contribution in [0.3, 0.4) is 0 Å². The summed E-state index contributed by atoms with van der Waals surface area (Å²) in [6.45, 7) is 4.34. The van der Waals surface area contributed by atoms with Crippen molar-refractivity contribution in [3.63, 3.8) is 0 Å². The second-order valence-corrected chi connectivity index (χ2v) is 5.92. The van der Waals surface area contributed by atoms with Crippen LogP contribution in [-0.4, -0.2) is 24.8 Å². The molecule has 4 heteroatoms. The molecule has 1 fully saturated rings. The molecule has 0 unspecified atom stereocenters. The highest BCUT2D eigenvalue weighted by Crippen LogP contribution is 2.37. The van der Waals surface area contributed by atoms with Crippen LogP contribution in [0.2, 0.25) is 0 Å². The van der Waals surface area contributed by atoms with Crippen LogP contribution >= 0.6 is 0 Å². The van der Waals surface area contributed by atoms with E-state index in [9.17, 15) is 4.79 Å².